The Morgan fingerprint density at radius 3 is 2.40 bits per heavy atom. The molecule has 0 aromatic rings. The highest BCUT2D eigenvalue weighted by Crippen LogP contribution is 2.35. The van der Waals surface area contributed by atoms with Crippen LogP contribution in [0, 0.1) is 5.92 Å². The summed E-state index contributed by atoms with van der Waals surface area (Å²) in [5.74, 6) is -1.96. The van der Waals surface area contributed by atoms with Crippen LogP contribution >= 0.6 is 0 Å². The molecule has 1 heterocycles. The second-order valence-electron chi connectivity index (χ2n) is 3.92. The highest BCUT2D eigenvalue weighted by molar-refractivity contribution is 7.90. The second kappa shape index (κ2) is 3.19. The Kier molecular flexibility index (Phi) is 2.22. The molecular formula is C8H11NO5S. The molecular weight excluding hydrogens is 222 g/mol. The number of carbonyl (C=O) groups is 2. The van der Waals surface area contributed by atoms with Crippen molar-refractivity contribution >= 4 is 21.9 Å². The van der Waals surface area contributed by atoms with Crippen molar-refractivity contribution in [2.24, 2.45) is 5.92 Å². The van der Waals surface area contributed by atoms with Gasteiger partial charge in [-0.2, -0.15) is 0 Å². The van der Waals surface area contributed by atoms with Gasteiger partial charge in [-0.25, -0.2) is 12.7 Å². The summed E-state index contributed by atoms with van der Waals surface area (Å²) in [6, 6.07) is -0.425. The molecule has 1 saturated carbocycles. The van der Waals surface area contributed by atoms with Crippen LogP contribution in [0.15, 0.2) is 0 Å². The van der Waals surface area contributed by atoms with Crippen LogP contribution in [0.25, 0.3) is 0 Å². The van der Waals surface area contributed by atoms with Crippen LogP contribution < -0.4 is 0 Å². The molecule has 0 spiro atoms. The van der Waals surface area contributed by atoms with Crippen LogP contribution in [0.5, 0.6) is 0 Å². The van der Waals surface area contributed by atoms with Gasteiger partial charge in [0.2, 0.25) is 15.9 Å². The van der Waals surface area contributed by atoms with Gasteiger partial charge < -0.3 is 5.11 Å². The van der Waals surface area contributed by atoms with Crippen molar-refractivity contribution in [3.8, 4) is 0 Å². The first-order valence-corrected chi connectivity index (χ1v) is 6.30. The molecule has 1 aliphatic carbocycles. The topological polar surface area (TPSA) is 91.8 Å². The zero-order valence-electron chi connectivity index (χ0n) is 7.92. The van der Waals surface area contributed by atoms with Gasteiger partial charge in [0.25, 0.3) is 0 Å². The Balaban J connectivity index is 2.08. The molecule has 0 aromatic heterocycles. The van der Waals surface area contributed by atoms with E-state index in [2.05, 4.69) is 0 Å². The highest BCUT2D eigenvalue weighted by atomic mass is 32.2. The number of aliphatic carboxylic acids is 1. The van der Waals surface area contributed by atoms with E-state index in [0.29, 0.717) is 0 Å². The van der Waals surface area contributed by atoms with Crippen LogP contribution in [-0.4, -0.2) is 41.5 Å². The SMILES string of the molecule is O=C(O)C1CC(N2C(=O)CCS2(=O)=O)C1. The molecule has 1 amide bonds. The van der Waals surface area contributed by atoms with Gasteiger partial charge in [0.15, 0.2) is 0 Å². The van der Waals surface area contributed by atoms with Gasteiger partial charge in [0.05, 0.1) is 11.7 Å². The molecule has 1 aliphatic heterocycles. The lowest BCUT2D eigenvalue weighted by Gasteiger charge is -2.37. The first-order chi connectivity index (χ1) is 6.92. The monoisotopic (exact) mass is 233 g/mol. The van der Waals surface area contributed by atoms with E-state index < -0.39 is 33.9 Å². The Morgan fingerprint density at radius 1 is 1.40 bits per heavy atom. The fourth-order valence-corrected chi connectivity index (χ4v) is 3.65. The van der Waals surface area contributed by atoms with Gasteiger partial charge in [-0.15, -0.1) is 0 Å². The fourth-order valence-electron chi connectivity index (χ4n) is 1.99. The van der Waals surface area contributed by atoms with E-state index in [9.17, 15) is 18.0 Å². The predicted octanol–water partition coefficient (Wildman–Crippen LogP) is -0.588. The molecule has 7 heteroatoms. The summed E-state index contributed by atoms with van der Waals surface area (Å²) in [6.45, 7) is 0. The normalized spacial score (nSPS) is 33.9. The number of carbonyl (C=O) groups excluding carboxylic acids is 1. The smallest absolute Gasteiger partial charge is 0.306 e. The van der Waals surface area contributed by atoms with E-state index in [1.54, 1.807) is 0 Å². The van der Waals surface area contributed by atoms with Crippen molar-refractivity contribution in [1.29, 1.82) is 0 Å². The van der Waals surface area contributed by atoms with Gasteiger partial charge in [0, 0.05) is 12.5 Å². The molecule has 0 radical (unpaired) electrons. The summed E-state index contributed by atoms with van der Waals surface area (Å²) in [7, 11) is -3.45. The third-order valence-electron chi connectivity index (χ3n) is 2.91. The quantitative estimate of drug-likeness (QED) is 0.688. The van der Waals surface area contributed by atoms with Crippen molar-refractivity contribution in [1.82, 2.24) is 4.31 Å². The van der Waals surface area contributed by atoms with Crippen LogP contribution in [0.3, 0.4) is 0 Å². The molecule has 0 atom stereocenters. The molecule has 1 N–H and O–H groups in total. The maximum absolute atomic E-state index is 11.4. The predicted molar refractivity (Wildman–Crippen MR) is 49.4 cm³/mol. The molecule has 0 unspecified atom stereocenters. The minimum absolute atomic E-state index is 0.0244. The summed E-state index contributed by atoms with van der Waals surface area (Å²) < 4.78 is 23.8. The van der Waals surface area contributed by atoms with Gasteiger partial charge in [-0.1, -0.05) is 0 Å². The van der Waals surface area contributed by atoms with Crippen molar-refractivity contribution in [2.45, 2.75) is 25.3 Å². The van der Waals surface area contributed by atoms with E-state index in [-0.39, 0.29) is 25.0 Å². The number of amides is 1. The van der Waals surface area contributed by atoms with Crippen molar-refractivity contribution in [3.05, 3.63) is 0 Å². The molecule has 2 aliphatic rings. The first-order valence-electron chi connectivity index (χ1n) is 4.69. The van der Waals surface area contributed by atoms with Gasteiger partial charge >= 0.3 is 5.97 Å². The molecule has 6 nitrogen and oxygen atoms in total. The first kappa shape index (κ1) is 10.4. The molecule has 0 aromatic carbocycles. The number of nitrogens with zero attached hydrogens (tertiary/aromatic N) is 1. The highest BCUT2D eigenvalue weighted by Gasteiger charge is 2.47. The molecule has 2 rings (SSSR count). The minimum atomic E-state index is -3.45. The Bertz CT molecular complexity index is 409. The van der Waals surface area contributed by atoms with Crippen molar-refractivity contribution in [3.63, 3.8) is 0 Å². The minimum Gasteiger partial charge on any atom is -0.481 e. The molecule has 15 heavy (non-hydrogen) atoms. The Hall–Kier alpha value is -1.11. The van der Waals surface area contributed by atoms with Crippen LogP contribution in [0.4, 0.5) is 0 Å². The second-order valence-corrected chi connectivity index (χ2v) is 5.88. The number of carboxylic acid groups (broad SMARTS) is 1. The van der Waals surface area contributed by atoms with Crippen molar-refractivity contribution in [2.75, 3.05) is 5.75 Å². The van der Waals surface area contributed by atoms with Gasteiger partial charge in [-0.05, 0) is 12.8 Å². The zero-order chi connectivity index (χ0) is 11.2. The molecule has 1 saturated heterocycles. The molecule has 0 bridgehead atoms. The summed E-state index contributed by atoms with van der Waals surface area (Å²) in [5.41, 5.74) is 0. The fraction of sp³-hybridized carbons (Fsp3) is 0.750. The third-order valence-corrected chi connectivity index (χ3v) is 4.73. The average molecular weight is 233 g/mol. The molecule has 2 fully saturated rings. The standard InChI is InChI=1S/C8H11NO5S/c10-7-1-2-15(13,14)9(7)6-3-5(4-6)8(11)12/h5-6H,1-4H2,(H,11,12). The summed E-state index contributed by atoms with van der Waals surface area (Å²) >= 11 is 0. The van der Waals surface area contributed by atoms with E-state index in [1.165, 1.54) is 0 Å². The maximum Gasteiger partial charge on any atom is 0.306 e. The van der Waals surface area contributed by atoms with E-state index >= 15 is 0 Å². The zero-order valence-corrected chi connectivity index (χ0v) is 8.74. The van der Waals surface area contributed by atoms with E-state index in [0.717, 1.165) is 4.31 Å². The Morgan fingerprint density at radius 2 is 2.00 bits per heavy atom. The van der Waals surface area contributed by atoms with Crippen molar-refractivity contribution < 1.29 is 23.1 Å². The van der Waals surface area contributed by atoms with Crippen LogP contribution in [-0.2, 0) is 19.6 Å². The summed E-state index contributed by atoms with van der Waals surface area (Å²) in [5, 5.41) is 8.64. The Labute approximate surface area is 86.9 Å². The number of rotatable bonds is 2. The number of sulfonamides is 1. The van der Waals surface area contributed by atoms with Gasteiger partial charge in [-0.3, -0.25) is 9.59 Å². The lowest BCUT2D eigenvalue weighted by Crippen LogP contribution is -2.49. The average Bonchev–Trinajstić information content (AvgIpc) is 2.27. The van der Waals surface area contributed by atoms with E-state index in [1.807, 2.05) is 0 Å². The summed E-state index contributed by atoms with van der Waals surface area (Å²) in [4.78, 5) is 21.8. The van der Waals surface area contributed by atoms with E-state index in [4.69, 9.17) is 5.11 Å². The number of hydrogen-bond acceptors (Lipinski definition) is 4. The largest absolute Gasteiger partial charge is 0.481 e. The van der Waals surface area contributed by atoms with Gasteiger partial charge in [0.1, 0.15) is 0 Å². The summed E-state index contributed by atoms with van der Waals surface area (Å²) in [6.07, 6.45) is 0.525. The third kappa shape index (κ3) is 1.60. The number of carboxylic acids is 1. The van der Waals surface area contributed by atoms with Crippen LogP contribution in [0.1, 0.15) is 19.3 Å². The lowest BCUT2D eigenvalue weighted by molar-refractivity contribution is -0.148. The number of hydrogen-bond donors (Lipinski definition) is 1. The maximum atomic E-state index is 11.4. The molecule has 84 valence electrons. The van der Waals surface area contributed by atoms with Crippen LogP contribution in [0.2, 0.25) is 0 Å². The lowest BCUT2D eigenvalue weighted by atomic mass is 9.80.